The maximum Gasteiger partial charge on any atom is 0.0484 e. The molecule has 0 radical (unpaired) electrons. The lowest BCUT2D eigenvalue weighted by atomic mass is 10.1. The highest BCUT2D eigenvalue weighted by Crippen LogP contribution is 2.29. The van der Waals surface area contributed by atoms with E-state index in [1.807, 2.05) is 6.92 Å². The minimum atomic E-state index is 0.409. The number of nitrogens with one attached hydrogen (secondary N) is 1. The summed E-state index contributed by atoms with van der Waals surface area (Å²) in [5, 5.41) is 7.92. The second-order valence-corrected chi connectivity index (χ2v) is 5.27. The molecule has 0 aromatic carbocycles. The molecule has 1 heterocycles. The first-order chi connectivity index (χ1) is 7.79. The van der Waals surface area contributed by atoms with Gasteiger partial charge in [0.25, 0.3) is 0 Å². The third kappa shape index (κ3) is 4.53. The second kappa shape index (κ2) is 8.23. The zero-order valence-corrected chi connectivity index (χ0v) is 12.4. The molecule has 1 aromatic heterocycles. The predicted molar refractivity (Wildman–Crippen MR) is 74.2 cm³/mol. The summed E-state index contributed by atoms with van der Waals surface area (Å²) in [6.45, 7) is 6.90. The standard InChI is InChI=1S/C12H20BrNOS/c1-3-6-14-12(5-7-15-4-2)10-8-16-9-11(10)13/h8-9,12,14H,3-7H2,1-2H3. The molecule has 2 nitrogen and oxygen atoms in total. The highest BCUT2D eigenvalue weighted by atomic mass is 79.9. The van der Waals surface area contributed by atoms with E-state index in [9.17, 15) is 0 Å². The van der Waals surface area contributed by atoms with Gasteiger partial charge in [0.2, 0.25) is 0 Å². The Balaban J connectivity index is 2.53. The number of ether oxygens (including phenoxy) is 1. The molecule has 0 spiro atoms. The van der Waals surface area contributed by atoms with Gasteiger partial charge in [-0.1, -0.05) is 6.92 Å². The molecule has 0 saturated carbocycles. The molecule has 0 aliphatic carbocycles. The number of hydrogen-bond acceptors (Lipinski definition) is 3. The average Bonchev–Trinajstić information content (AvgIpc) is 2.70. The number of hydrogen-bond donors (Lipinski definition) is 1. The van der Waals surface area contributed by atoms with Crippen molar-refractivity contribution in [1.82, 2.24) is 5.32 Å². The van der Waals surface area contributed by atoms with Crippen LogP contribution in [0, 0.1) is 0 Å². The molecule has 1 unspecified atom stereocenters. The van der Waals surface area contributed by atoms with Gasteiger partial charge in [0, 0.05) is 29.1 Å². The third-order valence-corrected chi connectivity index (χ3v) is 4.17. The third-order valence-electron chi connectivity index (χ3n) is 2.41. The Kier molecular flexibility index (Phi) is 7.28. The molecule has 0 saturated heterocycles. The molecule has 4 heteroatoms. The number of thiophene rings is 1. The van der Waals surface area contributed by atoms with Crippen LogP contribution in [-0.2, 0) is 4.74 Å². The lowest BCUT2D eigenvalue weighted by molar-refractivity contribution is 0.136. The fourth-order valence-corrected chi connectivity index (χ4v) is 3.20. The number of halogens is 1. The Morgan fingerprint density at radius 1 is 1.44 bits per heavy atom. The molecule has 0 aliphatic heterocycles. The Bertz CT molecular complexity index is 290. The van der Waals surface area contributed by atoms with E-state index in [0.29, 0.717) is 6.04 Å². The Morgan fingerprint density at radius 2 is 2.25 bits per heavy atom. The van der Waals surface area contributed by atoms with E-state index in [0.717, 1.165) is 32.6 Å². The van der Waals surface area contributed by atoms with Crippen molar-refractivity contribution in [3.8, 4) is 0 Å². The Morgan fingerprint density at radius 3 is 2.81 bits per heavy atom. The van der Waals surface area contributed by atoms with Gasteiger partial charge in [0.05, 0.1) is 0 Å². The van der Waals surface area contributed by atoms with Gasteiger partial charge in [-0.2, -0.15) is 11.3 Å². The molecule has 1 aromatic rings. The van der Waals surface area contributed by atoms with E-state index in [1.54, 1.807) is 11.3 Å². The first kappa shape index (κ1) is 14.2. The van der Waals surface area contributed by atoms with Gasteiger partial charge >= 0.3 is 0 Å². The maximum absolute atomic E-state index is 5.43. The summed E-state index contributed by atoms with van der Waals surface area (Å²) < 4.78 is 6.64. The first-order valence-electron chi connectivity index (χ1n) is 5.82. The Hall–Kier alpha value is 0.100. The predicted octanol–water partition coefficient (Wildman–Crippen LogP) is 3.98. The van der Waals surface area contributed by atoms with Crippen LogP contribution in [0.2, 0.25) is 0 Å². The maximum atomic E-state index is 5.43. The molecule has 16 heavy (non-hydrogen) atoms. The van der Waals surface area contributed by atoms with Gasteiger partial charge in [-0.25, -0.2) is 0 Å². The van der Waals surface area contributed by atoms with Crippen LogP contribution in [0.15, 0.2) is 15.2 Å². The van der Waals surface area contributed by atoms with Gasteiger partial charge in [-0.3, -0.25) is 0 Å². The molecule has 0 aliphatic rings. The average molecular weight is 306 g/mol. The van der Waals surface area contributed by atoms with Gasteiger partial charge in [-0.05, 0) is 53.2 Å². The van der Waals surface area contributed by atoms with E-state index in [-0.39, 0.29) is 0 Å². The molecule has 1 rings (SSSR count). The van der Waals surface area contributed by atoms with Gasteiger partial charge < -0.3 is 10.1 Å². The Labute approximate surface area is 111 Å². The summed E-state index contributed by atoms with van der Waals surface area (Å²) in [4.78, 5) is 0. The fourth-order valence-electron chi connectivity index (χ4n) is 1.57. The fraction of sp³-hybridized carbons (Fsp3) is 0.667. The largest absolute Gasteiger partial charge is 0.382 e. The lowest BCUT2D eigenvalue weighted by Gasteiger charge is -2.18. The topological polar surface area (TPSA) is 21.3 Å². The van der Waals surface area contributed by atoms with E-state index in [2.05, 4.69) is 38.9 Å². The van der Waals surface area contributed by atoms with Crippen LogP contribution in [-0.4, -0.2) is 19.8 Å². The lowest BCUT2D eigenvalue weighted by Crippen LogP contribution is -2.23. The summed E-state index contributed by atoms with van der Waals surface area (Å²) >= 11 is 5.34. The zero-order valence-electron chi connectivity index (χ0n) is 9.96. The van der Waals surface area contributed by atoms with Crippen LogP contribution in [0.5, 0.6) is 0 Å². The summed E-state index contributed by atoms with van der Waals surface area (Å²) in [5.41, 5.74) is 1.36. The van der Waals surface area contributed by atoms with E-state index >= 15 is 0 Å². The molecule has 0 fully saturated rings. The normalized spacial score (nSPS) is 12.9. The molecular formula is C12H20BrNOS. The zero-order chi connectivity index (χ0) is 11.8. The quantitative estimate of drug-likeness (QED) is 0.734. The SMILES string of the molecule is CCCNC(CCOCC)c1cscc1Br. The van der Waals surface area contributed by atoms with Crippen molar-refractivity contribution in [3.63, 3.8) is 0 Å². The van der Waals surface area contributed by atoms with Crippen LogP contribution in [0.25, 0.3) is 0 Å². The van der Waals surface area contributed by atoms with Crippen LogP contribution in [0.3, 0.4) is 0 Å². The highest BCUT2D eigenvalue weighted by molar-refractivity contribution is 9.10. The van der Waals surface area contributed by atoms with Gasteiger partial charge in [-0.15, -0.1) is 0 Å². The smallest absolute Gasteiger partial charge is 0.0484 e. The minimum Gasteiger partial charge on any atom is -0.382 e. The summed E-state index contributed by atoms with van der Waals surface area (Å²) in [7, 11) is 0. The van der Waals surface area contributed by atoms with Gasteiger partial charge in [0.1, 0.15) is 0 Å². The number of rotatable bonds is 8. The van der Waals surface area contributed by atoms with Gasteiger partial charge in [0.15, 0.2) is 0 Å². The first-order valence-corrected chi connectivity index (χ1v) is 7.55. The van der Waals surface area contributed by atoms with E-state index in [4.69, 9.17) is 4.74 Å². The molecule has 0 amide bonds. The van der Waals surface area contributed by atoms with Crippen molar-refractivity contribution in [2.45, 2.75) is 32.7 Å². The summed E-state index contributed by atoms with van der Waals surface area (Å²) in [5.74, 6) is 0. The monoisotopic (exact) mass is 305 g/mol. The molecule has 1 atom stereocenters. The summed E-state index contributed by atoms with van der Waals surface area (Å²) in [6, 6.07) is 0.409. The van der Waals surface area contributed by atoms with Crippen molar-refractivity contribution < 1.29 is 4.74 Å². The van der Waals surface area contributed by atoms with Crippen LogP contribution in [0.4, 0.5) is 0 Å². The van der Waals surface area contributed by atoms with Crippen LogP contribution < -0.4 is 5.32 Å². The van der Waals surface area contributed by atoms with Crippen molar-refractivity contribution in [2.24, 2.45) is 0 Å². The minimum absolute atomic E-state index is 0.409. The van der Waals surface area contributed by atoms with Crippen molar-refractivity contribution in [1.29, 1.82) is 0 Å². The molecule has 1 N–H and O–H groups in total. The van der Waals surface area contributed by atoms with Crippen molar-refractivity contribution in [2.75, 3.05) is 19.8 Å². The van der Waals surface area contributed by atoms with E-state index < -0.39 is 0 Å². The summed E-state index contributed by atoms with van der Waals surface area (Å²) in [6.07, 6.45) is 2.19. The molecular weight excluding hydrogens is 286 g/mol. The van der Waals surface area contributed by atoms with E-state index in [1.165, 1.54) is 10.0 Å². The van der Waals surface area contributed by atoms with Crippen LogP contribution >= 0.6 is 27.3 Å². The molecule has 92 valence electrons. The highest BCUT2D eigenvalue weighted by Gasteiger charge is 2.14. The van der Waals surface area contributed by atoms with Crippen LogP contribution in [0.1, 0.15) is 38.3 Å². The molecule has 0 bridgehead atoms. The van der Waals surface area contributed by atoms with Crippen molar-refractivity contribution in [3.05, 3.63) is 20.8 Å². The second-order valence-electron chi connectivity index (χ2n) is 3.67. The van der Waals surface area contributed by atoms with Crippen molar-refractivity contribution >= 4 is 27.3 Å².